The average Bonchev–Trinajstić information content (AvgIpc) is 2.77. The highest BCUT2D eigenvalue weighted by Crippen LogP contribution is 2.31. The van der Waals surface area contributed by atoms with Crippen LogP contribution in [0.4, 0.5) is 5.69 Å². The van der Waals surface area contributed by atoms with Crippen LogP contribution in [-0.2, 0) is 0 Å². The fraction of sp³-hybridized carbons (Fsp3) is 0.417. The number of halogens is 1. The van der Waals surface area contributed by atoms with E-state index in [0.717, 1.165) is 36.0 Å². The van der Waals surface area contributed by atoms with Gasteiger partial charge in [-0.1, -0.05) is 0 Å². The van der Waals surface area contributed by atoms with Crippen LogP contribution in [0.2, 0.25) is 0 Å². The Kier molecular flexibility index (Phi) is 3.61. The predicted molar refractivity (Wildman–Crippen MR) is 66.9 cm³/mol. The molecule has 0 spiro atoms. The van der Waals surface area contributed by atoms with E-state index in [4.69, 9.17) is 5.11 Å². The number of hydrogen-bond acceptors (Lipinski definition) is 3. The van der Waals surface area contributed by atoms with Gasteiger partial charge in [0.25, 0.3) is 0 Å². The van der Waals surface area contributed by atoms with Crippen LogP contribution in [0.1, 0.15) is 16.8 Å². The number of benzene rings is 1. The second kappa shape index (κ2) is 4.97. The summed E-state index contributed by atoms with van der Waals surface area (Å²) in [4.78, 5) is 12.9. The SMILES string of the molecule is O=Cc1ccc(N2CCC(CO)C2)c(Br)c1. The molecule has 2 rings (SSSR count). The quantitative estimate of drug-likeness (QED) is 0.864. The first-order valence-corrected chi connectivity index (χ1v) is 6.14. The third-order valence-electron chi connectivity index (χ3n) is 2.99. The lowest BCUT2D eigenvalue weighted by atomic mass is 10.1. The van der Waals surface area contributed by atoms with Gasteiger partial charge >= 0.3 is 0 Å². The molecule has 1 saturated heterocycles. The summed E-state index contributed by atoms with van der Waals surface area (Å²) in [6, 6.07) is 5.60. The molecule has 1 fully saturated rings. The third-order valence-corrected chi connectivity index (χ3v) is 3.63. The summed E-state index contributed by atoms with van der Waals surface area (Å²) in [5.74, 6) is 0.373. The predicted octanol–water partition coefficient (Wildman–Crippen LogP) is 2.08. The second-order valence-corrected chi connectivity index (χ2v) is 4.97. The molecule has 4 heteroatoms. The fourth-order valence-electron chi connectivity index (χ4n) is 2.05. The van der Waals surface area contributed by atoms with Crippen molar-refractivity contribution in [1.29, 1.82) is 0 Å². The van der Waals surface area contributed by atoms with E-state index in [9.17, 15) is 4.79 Å². The molecule has 86 valence electrons. The molecule has 0 aliphatic carbocycles. The number of rotatable bonds is 3. The van der Waals surface area contributed by atoms with Crippen molar-refractivity contribution in [2.75, 3.05) is 24.6 Å². The van der Waals surface area contributed by atoms with Gasteiger partial charge in [0, 0.05) is 35.7 Å². The maximum Gasteiger partial charge on any atom is 0.150 e. The summed E-state index contributed by atoms with van der Waals surface area (Å²) in [6.45, 7) is 2.10. The van der Waals surface area contributed by atoms with Crippen LogP contribution in [0.25, 0.3) is 0 Å². The number of carbonyl (C=O) groups excluding carboxylic acids is 1. The molecular weight excluding hydrogens is 270 g/mol. The normalized spacial score (nSPS) is 20.1. The van der Waals surface area contributed by atoms with Crippen LogP contribution >= 0.6 is 15.9 Å². The highest BCUT2D eigenvalue weighted by Gasteiger charge is 2.23. The minimum atomic E-state index is 0.251. The molecule has 1 unspecified atom stereocenters. The van der Waals surface area contributed by atoms with Crippen molar-refractivity contribution in [1.82, 2.24) is 0 Å². The highest BCUT2D eigenvalue weighted by atomic mass is 79.9. The van der Waals surface area contributed by atoms with Gasteiger partial charge in [-0.3, -0.25) is 4.79 Å². The molecule has 0 saturated carbocycles. The van der Waals surface area contributed by atoms with E-state index >= 15 is 0 Å². The van der Waals surface area contributed by atoms with Gasteiger partial charge in [0.05, 0.1) is 5.69 Å². The molecule has 3 nitrogen and oxygen atoms in total. The number of carbonyl (C=O) groups is 1. The standard InChI is InChI=1S/C12H14BrNO2/c13-11-5-9(7-15)1-2-12(11)14-4-3-10(6-14)8-16/h1-2,5,7,10,16H,3-4,6,8H2. The van der Waals surface area contributed by atoms with Gasteiger partial charge in [-0.25, -0.2) is 0 Å². The van der Waals surface area contributed by atoms with Gasteiger partial charge in [-0.15, -0.1) is 0 Å². The molecule has 0 radical (unpaired) electrons. The van der Waals surface area contributed by atoms with Crippen LogP contribution in [0.3, 0.4) is 0 Å². The molecule has 1 heterocycles. The summed E-state index contributed by atoms with van der Waals surface area (Å²) < 4.78 is 0.940. The van der Waals surface area contributed by atoms with E-state index < -0.39 is 0 Å². The summed E-state index contributed by atoms with van der Waals surface area (Å²) in [5, 5.41) is 9.10. The van der Waals surface area contributed by atoms with Crippen LogP contribution in [0.15, 0.2) is 22.7 Å². The molecule has 0 aromatic heterocycles. The molecule has 16 heavy (non-hydrogen) atoms. The molecular formula is C12H14BrNO2. The zero-order valence-electron chi connectivity index (χ0n) is 8.90. The first-order chi connectivity index (χ1) is 7.74. The van der Waals surface area contributed by atoms with Crippen LogP contribution in [-0.4, -0.2) is 31.1 Å². The van der Waals surface area contributed by atoms with E-state index in [1.165, 1.54) is 0 Å². The number of aliphatic hydroxyl groups excluding tert-OH is 1. The Morgan fingerprint density at radius 3 is 2.94 bits per heavy atom. The molecule has 1 aliphatic rings. The van der Waals surface area contributed by atoms with Crippen molar-refractivity contribution < 1.29 is 9.90 Å². The molecule has 0 amide bonds. The van der Waals surface area contributed by atoms with E-state index in [1.54, 1.807) is 0 Å². The van der Waals surface area contributed by atoms with Crippen molar-refractivity contribution in [2.45, 2.75) is 6.42 Å². The van der Waals surface area contributed by atoms with Crippen molar-refractivity contribution in [2.24, 2.45) is 5.92 Å². The highest BCUT2D eigenvalue weighted by molar-refractivity contribution is 9.10. The van der Waals surface area contributed by atoms with Crippen LogP contribution < -0.4 is 4.90 Å². The lowest BCUT2D eigenvalue weighted by Gasteiger charge is -2.20. The molecule has 1 aromatic carbocycles. The zero-order chi connectivity index (χ0) is 11.5. The first-order valence-electron chi connectivity index (χ1n) is 5.35. The number of aldehydes is 1. The number of hydrogen-bond donors (Lipinski definition) is 1. The Morgan fingerprint density at radius 2 is 2.38 bits per heavy atom. The summed E-state index contributed by atoms with van der Waals surface area (Å²) in [5.41, 5.74) is 1.77. The maximum absolute atomic E-state index is 10.6. The van der Waals surface area contributed by atoms with Gasteiger partial charge < -0.3 is 10.0 Å². The number of anilines is 1. The first kappa shape index (κ1) is 11.6. The minimum absolute atomic E-state index is 0.251. The molecule has 0 bridgehead atoms. The largest absolute Gasteiger partial charge is 0.396 e. The summed E-state index contributed by atoms with van der Waals surface area (Å²) in [7, 11) is 0. The lowest BCUT2D eigenvalue weighted by molar-refractivity contribution is 0.112. The summed E-state index contributed by atoms with van der Waals surface area (Å²) >= 11 is 3.48. The monoisotopic (exact) mass is 283 g/mol. The fourth-order valence-corrected chi connectivity index (χ4v) is 2.70. The van der Waals surface area contributed by atoms with Gasteiger partial charge in [0.1, 0.15) is 6.29 Å². The van der Waals surface area contributed by atoms with Crippen molar-refractivity contribution >= 4 is 27.9 Å². The van der Waals surface area contributed by atoms with Crippen LogP contribution in [0.5, 0.6) is 0 Å². The molecule has 1 atom stereocenters. The topological polar surface area (TPSA) is 40.5 Å². The minimum Gasteiger partial charge on any atom is -0.396 e. The summed E-state index contributed by atoms with van der Waals surface area (Å²) in [6.07, 6.45) is 1.87. The molecule has 1 N–H and O–H groups in total. The van der Waals surface area contributed by atoms with Gasteiger partial charge in [-0.05, 0) is 40.5 Å². The second-order valence-electron chi connectivity index (χ2n) is 4.11. The van der Waals surface area contributed by atoms with E-state index in [-0.39, 0.29) is 6.61 Å². The molecule has 1 aliphatic heterocycles. The van der Waals surface area contributed by atoms with Crippen molar-refractivity contribution in [3.63, 3.8) is 0 Å². The van der Waals surface area contributed by atoms with E-state index in [2.05, 4.69) is 20.8 Å². The van der Waals surface area contributed by atoms with Crippen molar-refractivity contribution in [3.8, 4) is 0 Å². The Bertz CT molecular complexity index is 395. The Morgan fingerprint density at radius 1 is 1.56 bits per heavy atom. The lowest BCUT2D eigenvalue weighted by Crippen LogP contribution is -2.20. The Labute approximate surface area is 103 Å². The van der Waals surface area contributed by atoms with E-state index in [0.29, 0.717) is 11.5 Å². The van der Waals surface area contributed by atoms with Crippen LogP contribution in [0, 0.1) is 5.92 Å². The smallest absolute Gasteiger partial charge is 0.150 e. The maximum atomic E-state index is 10.6. The average molecular weight is 284 g/mol. The van der Waals surface area contributed by atoms with Gasteiger partial charge in [-0.2, -0.15) is 0 Å². The van der Waals surface area contributed by atoms with E-state index in [1.807, 2.05) is 18.2 Å². The van der Waals surface area contributed by atoms with Crippen molar-refractivity contribution in [3.05, 3.63) is 28.2 Å². The molecule has 1 aromatic rings. The number of nitrogens with zero attached hydrogens (tertiary/aromatic N) is 1. The zero-order valence-corrected chi connectivity index (χ0v) is 10.5. The Hall–Kier alpha value is -0.870. The number of aliphatic hydroxyl groups is 1. The van der Waals surface area contributed by atoms with Gasteiger partial charge in [0.2, 0.25) is 0 Å². The van der Waals surface area contributed by atoms with Gasteiger partial charge in [0.15, 0.2) is 0 Å². The Balaban J connectivity index is 2.18. The third kappa shape index (κ3) is 2.28.